The molecule has 0 atom stereocenters. The summed E-state index contributed by atoms with van der Waals surface area (Å²) in [6.45, 7) is 0. The van der Waals surface area contributed by atoms with E-state index in [1.165, 1.54) is 24.7 Å². The number of alkyl halides is 3. The molecular weight excluding hydrogens is 408 g/mol. The van der Waals surface area contributed by atoms with E-state index in [0.29, 0.717) is 12.8 Å². The first kappa shape index (κ1) is 16.4. The van der Waals surface area contributed by atoms with E-state index in [1.54, 1.807) is 0 Å². The van der Waals surface area contributed by atoms with E-state index in [4.69, 9.17) is 9.47 Å². The van der Waals surface area contributed by atoms with Crippen molar-refractivity contribution in [3.8, 4) is 5.69 Å². The maximum absolute atomic E-state index is 13.5. The van der Waals surface area contributed by atoms with Crippen LogP contribution < -0.4 is 0 Å². The van der Waals surface area contributed by atoms with Crippen LogP contribution in [0.3, 0.4) is 0 Å². The second-order valence-electron chi connectivity index (χ2n) is 5.80. The highest BCUT2D eigenvalue weighted by molar-refractivity contribution is 9.10. The number of ether oxygens (including phenoxy) is 2. The molecule has 1 aliphatic carbocycles. The van der Waals surface area contributed by atoms with Gasteiger partial charge < -0.3 is 9.47 Å². The lowest BCUT2D eigenvalue weighted by Crippen LogP contribution is -2.34. The van der Waals surface area contributed by atoms with Crippen molar-refractivity contribution in [2.45, 2.75) is 31.2 Å². The normalized spacial score (nSPS) is 18.1. The van der Waals surface area contributed by atoms with Gasteiger partial charge in [-0.2, -0.15) is 18.3 Å². The summed E-state index contributed by atoms with van der Waals surface area (Å²) in [5.41, 5.74) is -0.459. The number of halogens is 5. The maximum atomic E-state index is 13.5. The second kappa shape index (κ2) is 5.48. The van der Waals surface area contributed by atoms with E-state index in [0.717, 1.165) is 10.7 Å². The second-order valence-corrected chi connectivity index (χ2v) is 6.65. The summed E-state index contributed by atoms with van der Waals surface area (Å²) in [6.07, 6.45) is -0.937. The monoisotopic (exact) mass is 418 g/mol. The molecule has 4 rings (SSSR count). The number of rotatable bonds is 1. The van der Waals surface area contributed by atoms with Gasteiger partial charge >= 0.3 is 6.18 Å². The molecule has 132 valence electrons. The Kier molecular flexibility index (Phi) is 3.61. The van der Waals surface area contributed by atoms with Gasteiger partial charge in [-0.15, -0.1) is 0 Å². The summed E-state index contributed by atoms with van der Waals surface area (Å²) < 4.78 is 66.3. The molecule has 0 unspecified atom stereocenters. The van der Waals surface area contributed by atoms with E-state index < -0.39 is 23.5 Å². The van der Waals surface area contributed by atoms with Gasteiger partial charge in [0.2, 0.25) is 0 Å². The standard InChI is InChI=1S/C16H11BrF4N2O2/c17-11-8-9(3-4-12(11)18)23-14-10(13(22-23)16(19,20)21)2-1-5-15(14)24-6-7-25-15/h3-4,6-8H,1-2,5H2. The number of hydrogen-bond donors (Lipinski definition) is 0. The van der Waals surface area contributed by atoms with Gasteiger partial charge in [-0.3, -0.25) is 0 Å². The molecule has 4 nitrogen and oxygen atoms in total. The van der Waals surface area contributed by atoms with Crippen molar-refractivity contribution in [1.82, 2.24) is 9.78 Å². The minimum absolute atomic E-state index is 0.0443. The Morgan fingerprint density at radius 3 is 2.56 bits per heavy atom. The number of benzene rings is 1. The lowest BCUT2D eigenvalue weighted by Gasteiger charge is -2.32. The predicted octanol–water partition coefficient (Wildman–Crippen LogP) is 4.80. The summed E-state index contributed by atoms with van der Waals surface area (Å²) in [7, 11) is 0. The minimum Gasteiger partial charge on any atom is -0.451 e. The largest absolute Gasteiger partial charge is 0.451 e. The highest BCUT2D eigenvalue weighted by Gasteiger charge is 2.50. The first-order chi connectivity index (χ1) is 11.8. The van der Waals surface area contributed by atoms with Crippen LogP contribution in [0.1, 0.15) is 29.8 Å². The van der Waals surface area contributed by atoms with Crippen LogP contribution in [0.4, 0.5) is 17.6 Å². The van der Waals surface area contributed by atoms with Crippen LogP contribution in [-0.2, 0) is 27.9 Å². The minimum atomic E-state index is -4.61. The van der Waals surface area contributed by atoms with Crippen LogP contribution in [0.5, 0.6) is 0 Å². The Morgan fingerprint density at radius 1 is 1.20 bits per heavy atom. The molecular formula is C16H11BrF4N2O2. The zero-order valence-electron chi connectivity index (χ0n) is 12.6. The quantitative estimate of drug-likeness (QED) is 0.624. The van der Waals surface area contributed by atoms with E-state index in [-0.39, 0.29) is 27.8 Å². The molecule has 2 aromatic rings. The predicted molar refractivity (Wildman–Crippen MR) is 82.2 cm³/mol. The molecule has 25 heavy (non-hydrogen) atoms. The molecule has 0 saturated carbocycles. The average Bonchev–Trinajstić information content (AvgIpc) is 3.16. The molecule has 1 spiro atoms. The third-order valence-corrected chi connectivity index (χ3v) is 4.87. The Morgan fingerprint density at radius 2 is 1.92 bits per heavy atom. The third kappa shape index (κ3) is 2.52. The van der Waals surface area contributed by atoms with Gasteiger partial charge in [-0.05, 0) is 47.0 Å². The molecule has 2 aliphatic rings. The van der Waals surface area contributed by atoms with Crippen molar-refractivity contribution < 1.29 is 27.0 Å². The molecule has 0 bridgehead atoms. The van der Waals surface area contributed by atoms with Gasteiger partial charge in [0.15, 0.2) is 5.69 Å². The average molecular weight is 419 g/mol. The zero-order chi connectivity index (χ0) is 17.8. The van der Waals surface area contributed by atoms with Crippen molar-refractivity contribution in [1.29, 1.82) is 0 Å². The Labute approximate surface area is 148 Å². The van der Waals surface area contributed by atoms with Crippen molar-refractivity contribution in [2.24, 2.45) is 0 Å². The van der Waals surface area contributed by atoms with Crippen molar-refractivity contribution in [2.75, 3.05) is 0 Å². The van der Waals surface area contributed by atoms with Gasteiger partial charge in [-0.25, -0.2) is 9.07 Å². The number of hydrogen-bond acceptors (Lipinski definition) is 3. The van der Waals surface area contributed by atoms with Crippen LogP contribution in [0, 0.1) is 5.82 Å². The van der Waals surface area contributed by atoms with E-state index in [9.17, 15) is 17.6 Å². The molecule has 0 fully saturated rings. The molecule has 0 N–H and O–H groups in total. The highest BCUT2D eigenvalue weighted by atomic mass is 79.9. The lowest BCUT2D eigenvalue weighted by atomic mass is 9.90. The van der Waals surface area contributed by atoms with Gasteiger partial charge in [0.05, 0.1) is 10.2 Å². The van der Waals surface area contributed by atoms with E-state index in [1.807, 2.05) is 0 Å². The van der Waals surface area contributed by atoms with E-state index >= 15 is 0 Å². The Hall–Kier alpha value is -2.03. The molecule has 1 aromatic carbocycles. The fourth-order valence-electron chi connectivity index (χ4n) is 3.26. The summed E-state index contributed by atoms with van der Waals surface area (Å²) in [4.78, 5) is 0. The maximum Gasteiger partial charge on any atom is 0.435 e. The van der Waals surface area contributed by atoms with Crippen LogP contribution in [0.15, 0.2) is 35.2 Å². The summed E-state index contributed by atoms with van der Waals surface area (Å²) in [5, 5.41) is 3.78. The van der Waals surface area contributed by atoms with Crippen LogP contribution in [0.25, 0.3) is 5.69 Å². The third-order valence-electron chi connectivity index (χ3n) is 4.27. The first-order valence-electron chi connectivity index (χ1n) is 7.47. The summed E-state index contributed by atoms with van der Waals surface area (Å²) in [6, 6.07) is 3.89. The molecule has 1 aliphatic heterocycles. The van der Waals surface area contributed by atoms with Crippen LogP contribution >= 0.6 is 15.9 Å². The first-order valence-corrected chi connectivity index (χ1v) is 8.27. The number of aromatic nitrogens is 2. The Balaban J connectivity index is 1.98. The molecule has 2 heterocycles. The van der Waals surface area contributed by atoms with Crippen molar-refractivity contribution in [3.63, 3.8) is 0 Å². The van der Waals surface area contributed by atoms with Gasteiger partial charge in [0.1, 0.15) is 24.0 Å². The Bertz CT molecular complexity index is 868. The summed E-state index contributed by atoms with van der Waals surface area (Å²) >= 11 is 3.05. The molecule has 1 aromatic heterocycles. The fraction of sp³-hybridized carbons (Fsp3) is 0.312. The fourth-order valence-corrected chi connectivity index (χ4v) is 3.63. The van der Waals surface area contributed by atoms with Crippen LogP contribution in [0.2, 0.25) is 0 Å². The van der Waals surface area contributed by atoms with Crippen LogP contribution in [-0.4, -0.2) is 9.78 Å². The van der Waals surface area contributed by atoms with Crippen molar-refractivity contribution >= 4 is 15.9 Å². The topological polar surface area (TPSA) is 36.3 Å². The smallest absolute Gasteiger partial charge is 0.435 e. The van der Waals surface area contributed by atoms with E-state index in [2.05, 4.69) is 21.0 Å². The SMILES string of the molecule is Fc1ccc(-n2nc(C(F)(F)F)c3c2C2(CCC3)OC=CO2)cc1Br. The lowest BCUT2D eigenvalue weighted by molar-refractivity contribution is -0.165. The zero-order valence-corrected chi connectivity index (χ0v) is 14.2. The highest BCUT2D eigenvalue weighted by Crippen LogP contribution is 2.47. The van der Waals surface area contributed by atoms with Gasteiger partial charge in [0, 0.05) is 12.0 Å². The van der Waals surface area contributed by atoms with Crippen molar-refractivity contribution in [3.05, 3.63) is 58.0 Å². The molecule has 0 saturated heterocycles. The molecule has 9 heteroatoms. The molecule has 0 radical (unpaired) electrons. The molecule has 0 amide bonds. The number of nitrogens with zero attached hydrogens (tertiary/aromatic N) is 2. The number of fused-ring (bicyclic) bond motifs is 2. The van der Waals surface area contributed by atoms with Gasteiger partial charge in [-0.1, -0.05) is 0 Å². The summed E-state index contributed by atoms with van der Waals surface area (Å²) in [5.74, 6) is -1.86. The van der Waals surface area contributed by atoms with Gasteiger partial charge in [0.25, 0.3) is 5.79 Å².